The minimum absolute atomic E-state index is 0.0928. The van der Waals surface area contributed by atoms with Gasteiger partial charge in [-0.2, -0.15) is 0 Å². The molecule has 0 saturated heterocycles. The van der Waals surface area contributed by atoms with Crippen molar-refractivity contribution in [1.82, 2.24) is 9.55 Å². The highest BCUT2D eigenvalue weighted by Gasteiger charge is 2.05. The first kappa shape index (κ1) is 14.9. The molecular weight excluding hydrogens is 288 g/mol. The van der Waals surface area contributed by atoms with E-state index in [-0.39, 0.29) is 5.56 Å². The molecule has 4 heteroatoms. The highest BCUT2D eigenvalue weighted by atomic mass is 16.5. The predicted octanol–water partition coefficient (Wildman–Crippen LogP) is 1.47. The normalized spacial score (nSPS) is 11.6. The van der Waals surface area contributed by atoms with Crippen molar-refractivity contribution in [2.45, 2.75) is 6.54 Å². The van der Waals surface area contributed by atoms with Gasteiger partial charge < -0.3 is 9.72 Å². The first-order valence-corrected chi connectivity index (χ1v) is 7.35. The minimum atomic E-state index is -0.0928. The van der Waals surface area contributed by atoms with Crippen LogP contribution in [0.2, 0.25) is 0 Å². The van der Waals surface area contributed by atoms with Crippen LogP contribution in [0.25, 0.3) is 12.7 Å². The Morgan fingerprint density at radius 2 is 1.83 bits per heavy atom. The van der Waals surface area contributed by atoms with Gasteiger partial charge in [0.2, 0.25) is 0 Å². The molecule has 1 N–H and O–H groups in total. The van der Waals surface area contributed by atoms with Crippen LogP contribution in [0.3, 0.4) is 0 Å². The Hall–Kier alpha value is -3.01. The Morgan fingerprint density at radius 1 is 1.13 bits per heavy atom. The van der Waals surface area contributed by atoms with E-state index < -0.39 is 0 Å². The summed E-state index contributed by atoms with van der Waals surface area (Å²) in [5.41, 5.74) is 2.40. The van der Waals surface area contributed by atoms with Gasteiger partial charge in [-0.15, -0.1) is 0 Å². The van der Waals surface area contributed by atoms with Crippen LogP contribution < -0.4 is 21.1 Å². The standard InChI is InChI=1S/C19H18N2O2/c1-14-20-17(12-16-10-6-7-11-18(16)23-2)19(22)21(14)13-15-8-4-3-5-9-15/h3-12,20H,1,13H2,2H3. The Bertz CT molecular complexity index is 969. The number of nitrogens with zero attached hydrogens (tertiary/aromatic N) is 1. The number of aromatic nitrogens is 2. The van der Waals surface area contributed by atoms with Crippen molar-refractivity contribution in [3.05, 3.63) is 86.9 Å². The van der Waals surface area contributed by atoms with Gasteiger partial charge in [-0.05, 0) is 17.7 Å². The fourth-order valence-electron chi connectivity index (χ4n) is 2.52. The lowest BCUT2D eigenvalue weighted by Gasteiger charge is -2.02. The lowest BCUT2D eigenvalue weighted by Crippen LogP contribution is -2.31. The maximum atomic E-state index is 12.6. The maximum absolute atomic E-state index is 12.6. The second kappa shape index (κ2) is 6.40. The second-order valence-electron chi connectivity index (χ2n) is 5.25. The molecule has 2 aromatic carbocycles. The molecule has 0 atom stereocenters. The maximum Gasteiger partial charge on any atom is 0.276 e. The molecule has 0 unspecified atom stereocenters. The number of hydrogen-bond acceptors (Lipinski definition) is 2. The SMILES string of the molecule is C=c1[nH]c(=Cc2ccccc2OC)c(=O)n1Cc1ccccc1. The van der Waals surface area contributed by atoms with Crippen LogP contribution in [-0.4, -0.2) is 16.7 Å². The summed E-state index contributed by atoms with van der Waals surface area (Å²) in [6.07, 6.45) is 1.79. The van der Waals surface area contributed by atoms with Gasteiger partial charge in [-0.25, -0.2) is 0 Å². The van der Waals surface area contributed by atoms with E-state index in [0.717, 1.165) is 16.9 Å². The summed E-state index contributed by atoms with van der Waals surface area (Å²) in [6.45, 7) is 4.43. The summed E-state index contributed by atoms with van der Waals surface area (Å²) in [5, 5.41) is 0.496. The Kier molecular flexibility index (Phi) is 4.15. The third-order valence-electron chi connectivity index (χ3n) is 3.70. The number of ether oxygens (including phenoxy) is 1. The molecule has 1 heterocycles. The van der Waals surface area contributed by atoms with Gasteiger partial charge in [-0.3, -0.25) is 9.36 Å². The van der Waals surface area contributed by atoms with Crippen LogP contribution >= 0.6 is 0 Å². The fraction of sp³-hybridized carbons (Fsp3) is 0.105. The Balaban J connectivity index is 2.06. The molecule has 23 heavy (non-hydrogen) atoms. The lowest BCUT2D eigenvalue weighted by molar-refractivity contribution is 0.414. The quantitative estimate of drug-likeness (QED) is 0.793. The van der Waals surface area contributed by atoms with Crippen molar-refractivity contribution < 1.29 is 4.74 Å². The lowest BCUT2D eigenvalue weighted by atomic mass is 10.2. The van der Waals surface area contributed by atoms with Crippen molar-refractivity contribution in [2.75, 3.05) is 7.11 Å². The summed E-state index contributed by atoms with van der Waals surface area (Å²) < 4.78 is 6.96. The van der Waals surface area contributed by atoms with Gasteiger partial charge in [0.15, 0.2) is 0 Å². The Morgan fingerprint density at radius 3 is 2.57 bits per heavy atom. The van der Waals surface area contributed by atoms with Gasteiger partial charge >= 0.3 is 0 Å². The average Bonchev–Trinajstić information content (AvgIpc) is 2.84. The fourth-order valence-corrected chi connectivity index (χ4v) is 2.52. The van der Waals surface area contributed by atoms with Crippen LogP contribution in [0.1, 0.15) is 11.1 Å². The molecule has 0 amide bonds. The highest BCUT2D eigenvalue weighted by Crippen LogP contribution is 2.17. The van der Waals surface area contributed by atoms with E-state index in [0.29, 0.717) is 17.4 Å². The molecule has 4 nitrogen and oxygen atoms in total. The molecule has 116 valence electrons. The minimum Gasteiger partial charge on any atom is -0.496 e. The van der Waals surface area contributed by atoms with Gasteiger partial charge in [-0.1, -0.05) is 55.1 Å². The number of benzene rings is 2. The summed E-state index contributed by atoms with van der Waals surface area (Å²) in [7, 11) is 1.61. The van der Waals surface area contributed by atoms with Gasteiger partial charge in [0, 0.05) is 5.56 Å². The third-order valence-corrected chi connectivity index (χ3v) is 3.70. The summed E-state index contributed by atoms with van der Waals surface area (Å²) in [6, 6.07) is 17.4. The number of imidazole rings is 1. The van der Waals surface area contributed by atoms with E-state index in [4.69, 9.17) is 4.74 Å². The summed E-state index contributed by atoms with van der Waals surface area (Å²) in [5.74, 6) is 0.724. The van der Waals surface area contributed by atoms with Gasteiger partial charge in [0.25, 0.3) is 5.56 Å². The molecule has 0 aliphatic carbocycles. The zero-order chi connectivity index (χ0) is 16.2. The summed E-state index contributed by atoms with van der Waals surface area (Å²) in [4.78, 5) is 15.7. The second-order valence-corrected chi connectivity index (χ2v) is 5.25. The monoisotopic (exact) mass is 306 g/mol. The number of methoxy groups -OCH3 is 1. The van der Waals surface area contributed by atoms with Crippen molar-refractivity contribution in [3.8, 4) is 5.75 Å². The molecule has 0 aliphatic rings. The molecule has 3 rings (SSSR count). The van der Waals surface area contributed by atoms with E-state index >= 15 is 0 Å². The molecule has 0 spiro atoms. The largest absolute Gasteiger partial charge is 0.496 e. The zero-order valence-electron chi connectivity index (χ0n) is 13.0. The van der Waals surface area contributed by atoms with Crippen LogP contribution in [0.15, 0.2) is 59.4 Å². The molecule has 0 aliphatic heterocycles. The highest BCUT2D eigenvalue weighted by molar-refractivity contribution is 5.56. The molecule has 0 fully saturated rings. The van der Waals surface area contributed by atoms with Crippen LogP contribution in [0.5, 0.6) is 5.75 Å². The predicted molar refractivity (Wildman–Crippen MR) is 91.9 cm³/mol. The number of hydrogen-bond donors (Lipinski definition) is 1. The molecule has 3 aromatic rings. The molecule has 0 saturated carbocycles. The van der Waals surface area contributed by atoms with Crippen molar-refractivity contribution in [2.24, 2.45) is 0 Å². The molecule has 1 aromatic heterocycles. The number of para-hydroxylation sites is 1. The van der Waals surface area contributed by atoms with Crippen molar-refractivity contribution in [3.63, 3.8) is 0 Å². The molecule has 0 bridgehead atoms. The van der Waals surface area contributed by atoms with Crippen molar-refractivity contribution >= 4 is 12.7 Å². The molecular formula is C19H18N2O2. The van der Waals surface area contributed by atoms with Crippen LogP contribution in [0, 0.1) is 0 Å². The van der Waals surface area contributed by atoms with E-state index in [1.165, 1.54) is 0 Å². The molecule has 0 radical (unpaired) electrons. The van der Waals surface area contributed by atoms with Crippen LogP contribution in [0.4, 0.5) is 0 Å². The van der Waals surface area contributed by atoms with Gasteiger partial charge in [0.1, 0.15) is 16.6 Å². The number of rotatable bonds is 4. The third kappa shape index (κ3) is 3.11. The number of H-pyrrole nitrogens is 1. The smallest absolute Gasteiger partial charge is 0.276 e. The topological polar surface area (TPSA) is 47.0 Å². The first-order chi connectivity index (χ1) is 11.2. The average molecular weight is 306 g/mol. The Labute approximate surface area is 134 Å². The van der Waals surface area contributed by atoms with E-state index in [2.05, 4.69) is 11.6 Å². The summed E-state index contributed by atoms with van der Waals surface area (Å²) >= 11 is 0. The zero-order valence-corrected chi connectivity index (χ0v) is 13.0. The van der Waals surface area contributed by atoms with Crippen LogP contribution in [-0.2, 0) is 6.54 Å². The van der Waals surface area contributed by atoms with E-state index in [1.54, 1.807) is 17.8 Å². The van der Waals surface area contributed by atoms with Crippen molar-refractivity contribution in [1.29, 1.82) is 0 Å². The number of aromatic amines is 1. The van der Waals surface area contributed by atoms with E-state index in [9.17, 15) is 4.79 Å². The van der Waals surface area contributed by atoms with Gasteiger partial charge in [0.05, 0.1) is 13.7 Å². The van der Waals surface area contributed by atoms with E-state index in [1.807, 2.05) is 54.6 Å². The first-order valence-electron chi connectivity index (χ1n) is 7.35. The number of nitrogens with one attached hydrogen (secondary N) is 1.